The molecule has 2 fully saturated rings. The van der Waals surface area contributed by atoms with E-state index in [-0.39, 0.29) is 5.78 Å². The Bertz CT molecular complexity index is 797. The molecule has 1 aromatic carbocycles. The molecule has 1 saturated carbocycles. The van der Waals surface area contributed by atoms with Crippen LogP contribution in [0, 0.1) is 12.3 Å². The second-order valence-electron chi connectivity index (χ2n) is 8.66. The van der Waals surface area contributed by atoms with Gasteiger partial charge in [-0.1, -0.05) is 17.3 Å². The summed E-state index contributed by atoms with van der Waals surface area (Å²) in [6.45, 7) is 9.66. The van der Waals surface area contributed by atoms with Crippen LogP contribution in [0.15, 0.2) is 22.7 Å². The van der Waals surface area contributed by atoms with Gasteiger partial charge in [-0.2, -0.15) is 0 Å². The number of ketones is 1. The molecular formula is C21H28N2O2. The Balaban J connectivity index is 1.47. The van der Waals surface area contributed by atoms with Gasteiger partial charge >= 0.3 is 0 Å². The average molecular weight is 340 g/mol. The van der Waals surface area contributed by atoms with Crippen molar-refractivity contribution >= 4 is 16.8 Å². The molecule has 134 valence electrons. The van der Waals surface area contributed by atoms with Crippen molar-refractivity contribution in [3.63, 3.8) is 0 Å². The molecule has 1 aromatic heterocycles. The second-order valence-corrected chi connectivity index (χ2v) is 8.66. The van der Waals surface area contributed by atoms with Crippen LogP contribution in [-0.4, -0.2) is 35.5 Å². The molecule has 2 heterocycles. The average Bonchev–Trinajstić information content (AvgIpc) is 3.16. The van der Waals surface area contributed by atoms with E-state index in [0.29, 0.717) is 11.8 Å². The van der Waals surface area contributed by atoms with Crippen molar-refractivity contribution in [1.82, 2.24) is 10.1 Å². The van der Waals surface area contributed by atoms with Crippen LogP contribution in [0.3, 0.4) is 0 Å². The third-order valence-corrected chi connectivity index (χ3v) is 6.33. The standard InChI is InChI=1S/C21H28N2O2/c1-15-6-4-7-16-18(15)25-22-19(16)20(2,3)17(24)8-9-21(10-11-21)14-23-12-5-13-23/h4,6-7H,5,8-14H2,1-3H3. The minimum absolute atomic E-state index is 0.277. The summed E-state index contributed by atoms with van der Waals surface area (Å²) < 4.78 is 5.54. The molecule has 25 heavy (non-hydrogen) atoms. The number of benzene rings is 1. The zero-order chi connectivity index (χ0) is 17.7. The van der Waals surface area contributed by atoms with Gasteiger partial charge in [-0.3, -0.25) is 4.79 Å². The summed E-state index contributed by atoms with van der Waals surface area (Å²) in [4.78, 5) is 15.6. The van der Waals surface area contributed by atoms with Crippen molar-refractivity contribution in [2.45, 2.75) is 58.3 Å². The number of fused-ring (bicyclic) bond motifs is 1. The van der Waals surface area contributed by atoms with Gasteiger partial charge in [0.25, 0.3) is 0 Å². The van der Waals surface area contributed by atoms with Gasteiger partial charge in [0.2, 0.25) is 0 Å². The normalized spacial score (nSPS) is 19.8. The van der Waals surface area contributed by atoms with Crippen molar-refractivity contribution in [2.75, 3.05) is 19.6 Å². The first kappa shape index (κ1) is 16.8. The second kappa shape index (κ2) is 5.94. The smallest absolute Gasteiger partial charge is 0.170 e. The first-order valence-corrected chi connectivity index (χ1v) is 9.52. The van der Waals surface area contributed by atoms with Gasteiger partial charge < -0.3 is 9.42 Å². The minimum atomic E-state index is -0.605. The topological polar surface area (TPSA) is 46.3 Å². The quantitative estimate of drug-likeness (QED) is 0.756. The molecule has 1 aliphatic heterocycles. The fourth-order valence-electron chi connectivity index (χ4n) is 4.05. The molecule has 0 N–H and O–H groups in total. The van der Waals surface area contributed by atoms with E-state index in [9.17, 15) is 4.79 Å². The molecule has 1 saturated heterocycles. The predicted octanol–water partition coefficient (Wildman–Crippen LogP) is 4.25. The summed E-state index contributed by atoms with van der Waals surface area (Å²) >= 11 is 0. The molecule has 0 amide bonds. The third-order valence-electron chi connectivity index (χ3n) is 6.33. The van der Waals surface area contributed by atoms with E-state index in [4.69, 9.17) is 4.52 Å². The predicted molar refractivity (Wildman–Crippen MR) is 98.7 cm³/mol. The zero-order valence-corrected chi connectivity index (χ0v) is 15.6. The Hall–Kier alpha value is -1.68. The van der Waals surface area contributed by atoms with Crippen molar-refractivity contribution in [2.24, 2.45) is 5.41 Å². The molecule has 4 heteroatoms. The van der Waals surface area contributed by atoms with E-state index in [0.717, 1.165) is 28.6 Å². The van der Waals surface area contributed by atoms with Gasteiger partial charge in [-0.25, -0.2) is 0 Å². The molecular weight excluding hydrogens is 312 g/mol. The van der Waals surface area contributed by atoms with E-state index in [1.54, 1.807) is 0 Å². The first-order valence-electron chi connectivity index (χ1n) is 9.52. The number of para-hydroxylation sites is 1. The van der Waals surface area contributed by atoms with Crippen molar-refractivity contribution in [1.29, 1.82) is 0 Å². The number of aromatic nitrogens is 1. The number of likely N-dealkylation sites (tertiary alicyclic amines) is 1. The maximum atomic E-state index is 13.0. The summed E-state index contributed by atoms with van der Waals surface area (Å²) in [5.74, 6) is 0.277. The number of carbonyl (C=O) groups is 1. The van der Waals surface area contributed by atoms with Crippen LogP contribution in [0.4, 0.5) is 0 Å². The number of carbonyl (C=O) groups excluding carboxylic acids is 1. The zero-order valence-electron chi connectivity index (χ0n) is 15.6. The molecule has 0 atom stereocenters. The fraction of sp³-hybridized carbons (Fsp3) is 0.619. The molecule has 0 radical (unpaired) electrons. The van der Waals surface area contributed by atoms with Crippen molar-refractivity contribution in [3.8, 4) is 0 Å². The number of hydrogen-bond donors (Lipinski definition) is 0. The maximum absolute atomic E-state index is 13.0. The Morgan fingerprint density at radius 1 is 1.32 bits per heavy atom. The number of hydrogen-bond acceptors (Lipinski definition) is 4. The summed E-state index contributed by atoms with van der Waals surface area (Å²) in [7, 11) is 0. The molecule has 2 aromatic rings. The molecule has 1 aliphatic carbocycles. The van der Waals surface area contributed by atoms with Crippen LogP contribution in [0.1, 0.15) is 57.2 Å². The maximum Gasteiger partial charge on any atom is 0.170 e. The molecule has 4 rings (SSSR count). The summed E-state index contributed by atoms with van der Waals surface area (Å²) in [6.07, 6.45) is 5.55. The number of Topliss-reactive ketones (excluding diaryl/α,β-unsaturated/α-hetero) is 1. The summed E-state index contributed by atoms with van der Waals surface area (Å²) in [5, 5.41) is 5.25. The van der Waals surface area contributed by atoms with Crippen LogP contribution in [0.2, 0.25) is 0 Å². The van der Waals surface area contributed by atoms with Crippen molar-refractivity contribution in [3.05, 3.63) is 29.5 Å². The highest BCUT2D eigenvalue weighted by atomic mass is 16.5. The van der Waals surface area contributed by atoms with Gasteiger partial charge in [0.15, 0.2) is 5.58 Å². The Morgan fingerprint density at radius 2 is 2.08 bits per heavy atom. The SMILES string of the molecule is Cc1cccc2c(C(C)(C)C(=O)CCC3(CN4CCC4)CC3)noc12. The van der Waals surface area contributed by atoms with Gasteiger partial charge in [0, 0.05) is 18.4 Å². The van der Waals surface area contributed by atoms with Gasteiger partial charge in [0.05, 0.1) is 5.41 Å². The fourth-order valence-corrected chi connectivity index (χ4v) is 4.05. The molecule has 0 spiro atoms. The highest BCUT2D eigenvalue weighted by Crippen LogP contribution is 2.51. The molecule has 4 nitrogen and oxygen atoms in total. The monoisotopic (exact) mass is 340 g/mol. The molecule has 2 aliphatic rings. The first-order chi connectivity index (χ1) is 11.9. The van der Waals surface area contributed by atoms with E-state index in [2.05, 4.69) is 10.1 Å². The lowest BCUT2D eigenvalue weighted by molar-refractivity contribution is -0.124. The molecule has 0 unspecified atom stereocenters. The lowest BCUT2D eigenvalue weighted by Gasteiger charge is -2.34. The van der Waals surface area contributed by atoms with E-state index < -0.39 is 5.41 Å². The molecule has 0 bridgehead atoms. The van der Waals surface area contributed by atoms with Crippen LogP contribution in [0.5, 0.6) is 0 Å². The van der Waals surface area contributed by atoms with Gasteiger partial charge in [-0.15, -0.1) is 0 Å². The number of rotatable bonds is 7. The van der Waals surface area contributed by atoms with Gasteiger partial charge in [0.1, 0.15) is 11.5 Å². The van der Waals surface area contributed by atoms with E-state index in [1.165, 1.54) is 38.9 Å². The van der Waals surface area contributed by atoms with Crippen LogP contribution >= 0.6 is 0 Å². The lowest BCUT2D eigenvalue weighted by atomic mass is 9.79. The summed E-state index contributed by atoms with van der Waals surface area (Å²) in [5.41, 5.74) is 2.45. The number of aryl methyl sites for hydroxylation is 1. The van der Waals surface area contributed by atoms with E-state index >= 15 is 0 Å². The lowest BCUT2D eigenvalue weighted by Crippen LogP contribution is -2.41. The Morgan fingerprint density at radius 3 is 2.72 bits per heavy atom. The summed E-state index contributed by atoms with van der Waals surface area (Å²) in [6, 6.07) is 6.03. The largest absolute Gasteiger partial charge is 0.356 e. The minimum Gasteiger partial charge on any atom is -0.356 e. The Kier molecular flexibility index (Phi) is 3.99. The van der Waals surface area contributed by atoms with Crippen molar-refractivity contribution < 1.29 is 9.32 Å². The highest BCUT2D eigenvalue weighted by Gasteiger charge is 2.45. The van der Waals surface area contributed by atoms with Gasteiger partial charge in [-0.05, 0) is 76.6 Å². The van der Waals surface area contributed by atoms with Crippen LogP contribution < -0.4 is 0 Å². The van der Waals surface area contributed by atoms with Crippen LogP contribution in [-0.2, 0) is 10.2 Å². The Labute approximate surface area is 149 Å². The highest BCUT2D eigenvalue weighted by molar-refractivity contribution is 5.94. The number of nitrogens with zero attached hydrogens (tertiary/aromatic N) is 2. The van der Waals surface area contributed by atoms with E-state index in [1.807, 2.05) is 39.0 Å². The third kappa shape index (κ3) is 3.01. The van der Waals surface area contributed by atoms with Crippen LogP contribution in [0.25, 0.3) is 11.0 Å².